The van der Waals surface area contributed by atoms with Gasteiger partial charge < -0.3 is 16.4 Å². The van der Waals surface area contributed by atoms with Crippen molar-refractivity contribution in [3.63, 3.8) is 0 Å². The summed E-state index contributed by atoms with van der Waals surface area (Å²) in [6.07, 6.45) is 3.22. The van der Waals surface area contributed by atoms with E-state index in [0.717, 1.165) is 0 Å². The maximum absolute atomic E-state index is 12.3. The Hall–Kier alpha value is -2.75. The topological polar surface area (TPSA) is 67.1 Å². The number of fused-ring (bicyclic) bond motifs is 1. The predicted molar refractivity (Wildman–Crippen MR) is 92.8 cm³/mol. The number of hydrogen-bond donors (Lipinski definition) is 3. The molecule has 4 heteroatoms. The highest BCUT2D eigenvalue weighted by atomic mass is 16.1. The Morgan fingerprint density at radius 3 is 2.23 bits per heavy atom. The summed E-state index contributed by atoms with van der Waals surface area (Å²) in [6.45, 7) is 11.5. The zero-order chi connectivity index (χ0) is 16.7. The summed E-state index contributed by atoms with van der Waals surface area (Å²) in [4.78, 5) is 12.3. The van der Waals surface area contributed by atoms with Crippen molar-refractivity contribution in [1.82, 2.24) is 10.6 Å². The minimum atomic E-state index is -0.215. The van der Waals surface area contributed by atoms with Crippen molar-refractivity contribution in [3.05, 3.63) is 77.7 Å². The number of likely N-dealkylation sites (N-methyl/N-ethyl adjacent to an activating group) is 1. The highest BCUT2D eigenvalue weighted by molar-refractivity contribution is 6.01. The molecule has 2 rings (SSSR count). The zero-order valence-corrected chi connectivity index (χ0v) is 13.4. The molecule has 0 bridgehead atoms. The molecule has 1 aromatic carbocycles. The Labute approximate surface area is 132 Å². The van der Waals surface area contributed by atoms with Crippen LogP contribution in [0.4, 0.5) is 0 Å². The van der Waals surface area contributed by atoms with Gasteiger partial charge in [0, 0.05) is 29.4 Å². The molecule has 0 spiro atoms. The van der Waals surface area contributed by atoms with E-state index >= 15 is 0 Å². The number of nitrogens with one attached hydrogen (secondary N) is 2. The fraction of sp³-hybridized carbons (Fsp3) is 0.167. The first-order valence-corrected chi connectivity index (χ1v) is 7.21. The van der Waals surface area contributed by atoms with Gasteiger partial charge >= 0.3 is 0 Å². The quantitative estimate of drug-likeness (QED) is 0.803. The van der Waals surface area contributed by atoms with Crippen LogP contribution >= 0.6 is 0 Å². The Bertz CT molecular complexity index is 654. The summed E-state index contributed by atoms with van der Waals surface area (Å²) >= 11 is 0. The molecule has 0 aliphatic carbocycles. The molecule has 0 saturated heterocycles. The summed E-state index contributed by atoms with van der Waals surface area (Å²) in [6, 6.07) is 7.21. The normalized spacial score (nSPS) is 20.4. The number of carbonyl (C=O) groups is 1. The number of allylic oxidation sites excluding steroid dienone is 2. The summed E-state index contributed by atoms with van der Waals surface area (Å²) < 4.78 is 0. The van der Waals surface area contributed by atoms with E-state index in [1.54, 1.807) is 31.3 Å². The van der Waals surface area contributed by atoms with Gasteiger partial charge in [0.1, 0.15) is 0 Å². The van der Waals surface area contributed by atoms with Gasteiger partial charge in [0.15, 0.2) is 0 Å². The first-order chi connectivity index (χ1) is 10.6. The molecule has 0 fully saturated rings. The molecule has 4 nitrogen and oxygen atoms in total. The van der Waals surface area contributed by atoms with Gasteiger partial charge in [-0.3, -0.25) is 4.79 Å². The van der Waals surface area contributed by atoms with Crippen LogP contribution in [0.1, 0.15) is 29.8 Å². The van der Waals surface area contributed by atoms with Crippen LogP contribution in [-0.4, -0.2) is 13.0 Å². The van der Waals surface area contributed by atoms with Crippen molar-refractivity contribution < 1.29 is 4.79 Å². The lowest BCUT2D eigenvalue weighted by Crippen LogP contribution is -2.29. The highest BCUT2D eigenvalue weighted by Crippen LogP contribution is 2.26. The van der Waals surface area contributed by atoms with Crippen LogP contribution in [0.3, 0.4) is 0 Å². The second-order valence-electron chi connectivity index (χ2n) is 4.27. The van der Waals surface area contributed by atoms with E-state index in [2.05, 4.69) is 23.8 Å². The largest absolute Gasteiger partial charge is 0.397 e. The molecular formula is C18H23N3O. The standard InChI is InChI=1S/C16H17N3O.C2H6/c1-4-10-13(5-2)19-16(20)12-9-7-6-8-11(12)14(17)15(10)18-3;1-2/h4-9,18H,1-2,17H2,3H3,(H,19,20);1-2H3. The molecule has 1 aromatic rings. The van der Waals surface area contributed by atoms with E-state index < -0.39 is 0 Å². The van der Waals surface area contributed by atoms with Crippen LogP contribution in [0.2, 0.25) is 0 Å². The fourth-order valence-electron chi connectivity index (χ4n) is 2.23. The summed E-state index contributed by atoms with van der Waals surface area (Å²) in [7, 11) is 1.78. The third-order valence-electron chi connectivity index (χ3n) is 3.20. The fourth-order valence-corrected chi connectivity index (χ4v) is 2.23. The molecule has 0 unspecified atom stereocenters. The van der Waals surface area contributed by atoms with Gasteiger partial charge in [-0.05, 0) is 12.1 Å². The lowest BCUT2D eigenvalue weighted by molar-refractivity contribution is 0.0966. The van der Waals surface area contributed by atoms with Crippen molar-refractivity contribution >= 4 is 11.6 Å². The molecule has 0 aromatic heterocycles. The van der Waals surface area contributed by atoms with E-state index in [0.29, 0.717) is 33.8 Å². The average molecular weight is 297 g/mol. The SMILES string of the molecule is C=C/C1=C(C=C)/C(NC)=C(/N)c2ccccc2C(=O)N1.CC. The molecule has 0 radical (unpaired) electrons. The summed E-state index contributed by atoms with van der Waals surface area (Å²) in [5.74, 6) is -0.215. The maximum Gasteiger partial charge on any atom is 0.256 e. The van der Waals surface area contributed by atoms with E-state index in [9.17, 15) is 4.79 Å². The molecule has 1 aliphatic rings. The molecule has 0 saturated carbocycles. The minimum Gasteiger partial charge on any atom is -0.397 e. The molecule has 0 atom stereocenters. The Morgan fingerprint density at radius 1 is 1.14 bits per heavy atom. The lowest BCUT2D eigenvalue weighted by Gasteiger charge is -2.21. The zero-order valence-electron chi connectivity index (χ0n) is 13.4. The molecule has 1 heterocycles. The van der Waals surface area contributed by atoms with Crippen LogP contribution in [0.5, 0.6) is 0 Å². The van der Waals surface area contributed by atoms with Gasteiger partial charge in [0.25, 0.3) is 5.91 Å². The van der Waals surface area contributed by atoms with Crippen molar-refractivity contribution in [3.8, 4) is 0 Å². The van der Waals surface area contributed by atoms with E-state index in [1.807, 2.05) is 26.0 Å². The maximum atomic E-state index is 12.3. The number of rotatable bonds is 3. The lowest BCUT2D eigenvalue weighted by atomic mass is 9.97. The Balaban J connectivity index is 0.00000116. The van der Waals surface area contributed by atoms with Crippen LogP contribution in [-0.2, 0) is 0 Å². The van der Waals surface area contributed by atoms with Crippen molar-refractivity contribution in [1.29, 1.82) is 0 Å². The van der Waals surface area contributed by atoms with Gasteiger partial charge in [0.05, 0.1) is 11.4 Å². The second kappa shape index (κ2) is 7.88. The molecule has 22 heavy (non-hydrogen) atoms. The number of nitrogens with two attached hydrogens (primary N) is 1. The van der Waals surface area contributed by atoms with Gasteiger partial charge in [-0.2, -0.15) is 0 Å². The molecule has 1 aliphatic heterocycles. The van der Waals surface area contributed by atoms with Gasteiger partial charge in [-0.15, -0.1) is 0 Å². The molecule has 116 valence electrons. The van der Waals surface area contributed by atoms with Gasteiger partial charge in [-0.25, -0.2) is 0 Å². The van der Waals surface area contributed by atoms with E-state index in [-0.39, 0.29) is 5.91 Å². The van der Waals surface area contributed by atoms with Crippen LogP contribution in [0, 0.1) is 0 Å². The molecule has 1 amide bonds. The first kappa shape index (κ1) is 17.3. The van der Waals surface area contributed by atoms with Crippen LogP contribution < -0.4 is 16.4 Å². The van der Waals surface area contributed by atoms with Gasteiger partial charge in [-0.1, -0.05) is 51.3 Å². The number of carbonyl (C=O) groups excluding carboxylic acids is 1. The molecular weight excluding hydrogens is 274 g/mol. The smallest absolute Gasteiger partial charge is 0.256 e. The second-order valence-corrected chi connectivity index (χ2v) is 4.27. The van der Waals surface area contributed by atoms with Crippen molar-refractivity contribution in [2.75, 3.05) is 7.05 Å². The summed E-state index contributed by atoms with van der Waals surface area (Å²) in [5.41, 5.74) is 9.96. The van der Waals surface area contributed by atoms with Crippen molar-refractivity contribution in [2.24, 2.45) is 5.73 Å². The third-order valence-corrected chi connectivity index (χ3v) is 3.20. The van der Waals surface area contributed by atoms with Crippen LogP contribution in [0.15, 0.2) is 66.5 Å². The summed E-state index contributed by atoms with van der Waals surface area (Å²) in [5, 5.41) is 5.90. The number of benzene rings is 1. The van der Waals surface area contributed by atoms with E-state index in [1.165, 1.54) is 0 Å². The van der Waals surface area contributed by atoms with Gasteiger partial charge in [0.2, 0.25) is 0 Å². The number of amides is 1. The van der Waals surface area contributed by atoms with E-state index in [4.69, 9.17) is 5.73 Å². The first-order valence-electron chi connectivity index (χ1n) is 7.21. The predicted octanol–water partition coefficient (Wildman–Crippen LogP) is 2.93. The monoisotopic (exact) mass is 297 g/mol. The Kier molecular flexibility index (Phi) is 6.20. The van der Waals surface area contributed by atoms with Crippen molar-refractivity contribution in [2.45, 2.75) is 13.8 Å². The Morgan fingerprint density at radius 2 is 1.73 bits per heavy atom. The van der Waals surface area contributed by atoms with Crippen LogP contribution in [0.25, 0.3) is 5.70 Å². The number of hydrogen-bond acceptors (Lipinski definition) is 3. The molecule has 4 N–H and O–H groups in total. The minimum absolute atomic E-state index is 0.215. The average Bonchev–Trinajstić information content (AvgIpc) is 2.58. The third kappa shape index (κ3) is 3.11. The highest BCUT2D eigenvalue weighted by Gasteiger charge is 2.21.